The lowest BCUT2D eigenvalue weighted by molar-refractivity contribution is -0.279. The lowest BCUT2D eigenvalue weighted by Crippen LogP contribution is -2.79. The van der Waals surface area contributed by atoms with Crippen molar-refractivity contribution in [2.75, 3.05) is 7.11 Å². The number of aliphatic hydroxyl groups excluding tert-OH is 1. The highest BCUT2D eigenvalue weighted by Gasteiger charge is 2.77. The number of phenols is 1. The van der Waals surface area contributed by atoms with Gasteiger partial charge >= 0.3 is 6.16 Å². The third kappa shape index (κ3) is 1.98. The number of hydrogen-bond donors (Lipinski definition) is 5. The van der Waals surface area contributed by atoms with Gasteiger partial charge in [0.25, 0.3) is 0 Å². The summed E-state index contributed by atoms with van der Waals surface area (Å²) in [5.41, 5.74) is -8.04. The van der Waals surface area contributed by atoms with E-state index in [0.717, 1.165) is 6.07 Å². The highest BCUT2D eigenvalue weighted by atomic mass is 16.8. The largest absolute Gasteiger partial charge is 0.509 e. The van der Waals surface area contributed by atoms with Crippen molar-refractivity contribution in [3.63, 3.8) is 0 Å². The number of hydrogen-bond acceptors (Lipinski definition) is 10. The molecule has 0 unspecified atom stereocenters. The number of ketones is 1. The summed E-state index contributed by atoms with van der Waals surface area (Å²) in [7, 11) is 1.30. The van der Waals surface area contributed by atoms with Gasteiger partial charge in [0.05, 0.1) is 12.7 Å². The molecule has 3 aliphatic rings. The summed E-state index contributed by atoms with van der Waals surface area (Å²) in [4.78, 5) is 24.8. The highest BCUT2D eigenvalue weighted by Crippen LogP contribution is 2.57. The lowest BCUT2D eigenvalue weighted by atomic mass is 9.55. The number of fused-ring (bicyclic) bond motifs is 4. The lowest BCUT2D eigenvalue weighted by Gasteiger charge is -2.57. The topological polar surface area (TPSA) is 163 Å². The van der Waals surface area contributed by atoms with E-state index in [-0.39, 0.29) is 11.3 Å². The van der Waals surface area contributed by atoms with Crippen molar-refractivity contribution < 1.29 is 49.3 Å². The molecule has 1 aromatic rings. The summed E-state index contributed by atoms with van der Waals surface area (Å²) in [5, 5.41) is 54.2. The van der Waals surface area contributed by atoms with Crippen LogP contribution in [0.5, 0.6) is 11.5 Å². The van der Waals surface area contributed by atoms with Gasteiger partial charge in [0.1, 0.15) is 28.8 Å². The standard InChI is InChI=1S/C17H18O10/c1-15(22)5-16(23)10(19)7-3-6(25-2)4-8(18)9(7)11(20)17(16,24)13-12(15)26-14(21)27-13/h3-4,10,12-13,18-19,22-24H,5H2,1-2H3/t10-,12-,13-,15+,16+,17-/m1/s1. The Bertz CT molecular complexity index is 864. The van der Waals surface area contributed by atoms with Crippen LogP contribution in [0.3, 0.4) is 0 Å². The van der Waals surface area contributed by atoms with Crippen molar-refractivity contribution in [1.29, 1.82) is 0 Å². The Balaban J connectivity index is 1.99. The molecule has 1 saturated heterocycles. The van der Waals surface area contributed by atoms with Crippen LogP contribution in [-0.2, 0) is 9.47 Å². The number of methoxy groups -OCH3 is 1. The van der Waals surface area contributed by atoms with Crippen LogP contribution in [0.1, 0.15) is 35.4 Å². The second kappa shape index (κ2) is 5.10. The van der Waals surface area contributed by atoms with Crippen LogP contribution in [0.4, 0.5) is 4.79 Å². The normalized spacial score (nSPS) is 42.5. The van der Waals surface area contributed by atoms with E-state index in [2.05, 4.69) is 0 Å². The molecule has 2 aliphatic carbocycles. The number of Topliss-reactive ketones (excluding diaryl/α,β-unsaturated/α-hetero) is 1. The number of carbonyl (C=O) groups is 2. The van der Waals surface area contributed by atoms with Gasteiger partial charge in [0.2, 0.25) is 11.4 Å². The average Bonchev–Trinajstić information content (AvgIpc) is 3.00. The molecule has 5 N–H and O–H groups in total. The zero-order valence-corrected chi connectivity index (χ0v) is 14.4. The molecule has 10 heteroatoms. The molecule has 27 heavy (non-hydrogen) atoms. The Labute approximate surface area is 152 Å². The third-order valence-corrected chi connectivity index (χ3v) is 5.71. The van der Waals surface area contributed by atoms with Crippen LogP contribution in [0.25, 0.3) is 0 Å². The first-order chi connectivity index (χ1) is 12.5. The molecule has 4 rings (SSSR count). The molecule has 0 radical (unpaired) electrons. The van der Waals surface area contributed by atoms with Crippen LogP contribution in [-0.4, -0.2) is 73.6 Å². The third-order valence-electron chi connectivity index (χ3n) is 5.71. The summed E-state index contributed by atoms with van der Waals surface area (Å²) in [6, 6.07) is 2.33. The monoisotopic (exact) mass is 382 g/mol. The molecule has 0 spiro atoms. The van der Waals surface area contributed by atoms with Gasteiger partial charge in [-0.1, -0.05) is 0 Å². The summed E-state index contributed by atoms with van der Waals surface area (Å²) in [6.45, 7) is 1.22. The highest BCUT2D eigenvalue weighted by molar-refractivity contribution is 6.09. The van der Waals surface area contributed by atoms with E-state index in [4.69, 9.17) is 14.2 Å². The molecule has 146 valence electrons. The number of carbonyl (C=O) groups excluding carboxylic acids is 2. The molecule has 1 saturated carbocycles. The predicted octanol–water partition coefficient (Wildman–Crippen LogP) is -0.849. The average molecular weight is 382 g/mol. The molecule has 2 fully saturated rings. The first kappa shape index (κ1) is 18.0. The summed E-state index contributed by atoms with van der Waals surface area (Å²) in [6.07, 6.45) is -7.12. The van der Waals surface area contributed by atoms with Crippen molar-refractivity contribution in [2.45, 2.75) is 48.5 Å². The minimum atomic E-state index is -2.86. The first-order valence-corrected chi connectivity index (χ1v) is 8.15. The summed E-state index contributed by atoms with van der Waals surface area (Å²) < 4.78 is 14.8. The van der Waals surface area contributed by atoms with E-state index < -0.39 is 64.8 Å². The molecular weight excluding hydrogens is 364 g/mol. The fourth-order valence-corrected chi connectivity index (χ4v) is 4.42. The summed E-state index contributed by atoms with van der Waals surface area (Å²) >= 11 is 0. The zero-order chi connectivity index (χ0) is 19.9. The summed E-state index contributed by atoms with van der Waals surface area (Å²) in [5.74, 6) is -1.67. The first-order valence-electron chi connectivity index (χ1n) is 8.15. The number of ether oxygens (including phenoxy) is 3. The number of aliphatic hydroxyl groups is 4. The van der Waals surface area contributed by atoms with Crippen molar-refractivity contribution >= 4 is 11.9 Å². The van der Waals surface area contributed by atoms with E-state index in [1.807, 2.05) is 0 Å². The molecule has 1 aliphatic heterocycles. The molecule has 0 aromatic heterocycles. The SMILES string of the molecule is COc1cc(O)c2c(c1)[C@@H](O)[C@@]1(O)C[C@](C)(O)[C@@H]3OC(=O)O[C@H]3[C@]1(O)C2=O. The second-order valence-electron chi connectivity index (χ2n) is 7.39. The molecule has 0 amide bonds. The van der Waals surface area contributed by atoms with E-state index >= 15 is 0 Å². The van der Waals surface area contributed by atoms with Gasteiger partial charge in [-0.05, 0) is 13.0 Å². The second-order valence-corrected chi connectivity index (χ2v) is 7.39. The minimum absolute atomic E-state index is 0.100. The number of phenolic OH excluding ortho intramolecular Hbond substituents is 1. The van der Waals surface area contributed by atoms with Crippen molar-refractivity contribution in [3.8, 4) is 11.5 Å². The van der Waals surface area contributed by atoms with Crippen molar-refractivity contribution in [1.82, 2.24) is 0 Å². The maximum absolute atomic E-state index is 13.2. The van der Waals surface area contributed by atoms with Gasteiger partial charge in [-0.3, -0.25) is 4.79 Å². The Kier molecular flexibility index (Phi) is 3.40. The van der Waals surface area contributed by atoms with E-state index in [9.17, 15) is 35.1 Å². The van der Waals surface area contributed by atoms with Crippen molar-refractivity contribution in [3.05, 3.63) is 23.3 Å². The van der Waals surface area contributed by atoms with Crippen LogP contribution < -0.4 is 4.74 Å². The van der Waals surface area contributed by atoms with Gasteiger partial charge in [-0.2, -0.15) is 0 Å². The molecule has 0 bridgehead atoms. The Hall–Kier alpha value is -2.40. The molecule has 10 nitrogen and oxygen atoms in total. The maximum Gasteiger partial charge on any atom is 0.509 e. The van der Waals surface area contributed by atoms with Crippen molar-refractivity contribution in [2.24, 2.45) is 0 Å². The maximum atomic E-state index is 13.2. The Morgan fingerprint density at radius 1 is 1.15 bits per heavy atom. The predicted molar refractivity (Wildman–Crippen MR) is 84.2 cm³/mol. The van der Waals surface area contributed by atoms with E-state index in [0.29, 0.717) is 0 Å². The Morgan fingerprint density at radius 3 is 2.41 bits per heavy atom. The molecular formula is C17H18O10. The Morgan fingerprint density at radius 2 is 1.78 bits per heavy atom. The van der Waals surface area contributed by atoms with Crippen LogP contribution >= 0.6 is 0 Å². The molecule has 1 heterocycles. The zero-order valence-electron chi connectivity index (χ0n) is 14.4. The van der Waals surface area contributed by atoms with Gasteiger partial charge in [-0.25, -0.2) is 4.79 Å². The van der Waals surface area contributed by atoms with Crippen LogP contribution in [0.2, 0.25) is 0 Å². The van der Waals surface area contributed by atoms with Gasteiger partial charge in [0.15, 0.2) is 12.2 Å². The number of aromatic hydroxyl groups is 1. The van der Waals surface area contributed by atoms with Crippen LogP contribution in [0, 0.1) is 0 Å². The smallest absolute Gasteiger partial charge is 0.507 e. The number of rotatable bonds is 1. The quantitative estimate of drug-likeness (QED) is 0.387. The minimum Gasteiger partial charge on any atom is -0.507 e. The van der Waals surface area contributed by atoms with E-state index in [1.165, 1.54) is 20.1 Å². The fourth-order valence-electron chi connectivity index (χ4n) is 4.42. The van der Waals surface area contributed by atoms with Gasteiger partial charge in [0, 0.05) is 18.1 Å². The molecule has 1 aromatic carbocycles. The van der Waals surface area contributed by atoms with E-state index in [1.54, 1.807) is 0 Å². The van der Waals surface area contributed by atoms with Gasteiger partial charge in [-0.15, -0.1) is 0 Å². The fraction of sp³-hybridized carbons (Fsp3) is 0.529. The number of benzene rings is 1. The van der Waals surface area contributed by atoms with Crippen LogP contribution in [0.15, 0.2) is 12.1 Å². The van der Waals surface area contributed by atoms with Gasteiger partial charge < -0.3 is 39.7 Å². The molecule has 6 atom stereocenters.